The van der Waals surface area contributed by atoms with Crippen LogP contribution >= 0.6 is 0 Å². The number of carbonyl (C=O) groups excluding carboxylic acids is 1. The van der Waals surface area contributed by atoms with Gasteiger partial charge in [-0.1, -0.05) is 24.3 Å². The molecule has 7 heteroatoms. The van der Waals surface area contributed by atoms with E-state index in [2.05, 4.69) is 0 Å². The number of hydrogen-bond donors (Lipinski definition) is 1. The summed E-state index contributed by atoms with van der Waals surface area (Å²) in [4.78, 5) is 25.5. The molecule has 0 aliphatic carbocycles. The van der Waals surface area contributed by atoms with Crippen molar-refractivity contribution < 1.29 is 24.0 Å². The maximum atomic E-state index is 13.1. The summed E-state index contributed by atoms with van der Waals surface area (Å²) in [5.74, 6) is -0.130. The average molecular weight is 359 g/mol. The number of rotatable bonds is 3. The van der Waals surface area contributed by atoms with Crippen LogP contribution in [0.2, 0.25) is 0 Å². The van der Waals surface area contributed by atoms with Crippen molar-refractivity contribution in [2.45, 2.75) is 51.7 Å². The number of nitrogens with zero attached hydrogens (tertiary/aromatic N) is 1. The van der Waals surface area contributed by atoms with E-state index in [-0.39, 0.29) is 11.7 Å². The maximum Gasteiger partial charge on any atom is 0.495 e. The number of likely N-dealkylation sites (tertiary alicyclic amines) is 1. The number of Topliss-reactive ketones (excluding diaryl/α,β-unsaturated/α-hetero) is 1. The Labute approximate surface area is 154 Å². The number of amides is 1. The van der Waals surface area contributed by atoms with E-state index in [9.17, 15) is 9.59 Å². The van der Waals surface area contributed by atoms with Crippen molar-refractivity contribution in [3.05, 3.63) is 29.8 Å². The van der Waals surface area contributed by atoms with Crippen molar-refractivity contribution in [1.29, 1.82) is 0 Å². The zero-order valence-corrected chi connectivity index (χ0v) is 15.8. The lowest BCUT2D eigenvalue weighted by Gasteiger charge is -2.32. The van der Waals surface area contributed by atoms with E-state index in [1.807, 2.05) is 52.0 Å². The normalized spacial score (nSPS) is 22.5. The molecule has 0 spiro atoms. The predicted molar refractivity (Wildman–Crippen MR) is 98.8 cm³/mol. The topological polar surface area (TPSA) is 76.1 Å². The highest BCUT2D eigenvalue weighted by Crippen LogP contribution is 2.37. The Morgan fingerprint density at radius 3 is 2.15 bits per heavy atom. The molecule has 1 amide bonds. The first-order chi connectivity index (χ1) is 12.1. The summed E-state index contributed by atoms with van der Waals surface area (Å²) in [7, 11) is -0.584. The minimum absolute atomic E-state index is 0.0420. The van der Waals surface area contributed by atoms with Crippen LogP contribution in [0, 0.1) is 5.92 Å². The van der Waals surface area contributed by atoms with Crippen molar-refractivity contribution in [2.24, 2.45) is 5.92 Å². The van der Waals surface area contributed by atoms with Crippen LogP contribution in [0.5, 0.6) is 0 Å². The third-order valence-electron chi connectivity index (χ3n) is 5.87. The number of ketones is 1. The van der Waals surface area contributed by atoms with E-state index in [0.29, 0.717) is 31.5 Å². The van der Waals surface area contributed by atoms with Crippen LogP contribution in [0.15, 0.2) is 24.3 Å². The summed E-state index contributed by atoms with van der Waals surface area (Å²) in [5.41, 5.74) is 0.415. The number of carbonyl (C=O) groups is 2. The molecule has 1 aromatic carbocycles. The summed E-state index contributed by atoms with van der Waals surface area (Å²) >= 11 is 0. The maximum absolute atomic E-state index is 13.1. The molecule has 0 saturated carbocycles. The fourth-order valence-corrected chi connectivity index (χ4v) is 3.45. The Morgan fingerprint density at radius 1 is 1.08 bits per heavy atom. The Bertz CT molecular complexity index is 694. The fourth-order valence-electron chi connectivity index (χ4n) is 3.45. The second-order valence-corrected chi connectivity index (χ2v) is 8.08. The highest BCUT2D eigenvalue weighted by Gasteiger charge is 2.52. The molecule has 6 nitrogen and oxygen atoms in total. The van der Waals surface area contributed by atoms with Crippen LogP contribution in [0.25, 0.3) is 0 Å². The molecular weight excluding hydrogens is 333 g/mol. The van der Waals surface area contributed by atoms with Crippen molar-refractivity contribution in [3.63, 3.8) is 0 Å². The van der Waals surface area contributed by atoms with Gasteiger partial charge in [0.1, 0.15) is 0 Å². The molecule has 2 fully saturated rings. The highest BCUT2D eigenvalue weighted by molar-refractivity contribution is 6.63. The van der Waals surface area contributed by atoms with E-state index >= 15 is 0 Å². The minimum Gasteiger partial charge on any atom is -0.465 e. The first-order valence-corrected chi connectivity index (χ1v) is 9.09. The fraction of sp³-hybridized carbons (Fsp3) is 0.579. The summed E-state index contributed by atoms with van der Waals surface area (Å²) in [6.45, 7) is 8.73. The van der Waals surface area contributed by atoms with E-state index in [1.165, 1.54) is 4.90 Å². The molecule has 3 rings (SSSR count). The molecule has 0 radical (unpaired) electrons. The molecule has 2 aliphatic heterocycles. The van der Waals surface area contributed by atoms with Crippen molar-refractivity contribution in [2.75, 3.05) is 13.1 Å². The number of benzene rings is 1. The van der Waals surface area contributed by atoms with Gasteiger partial charge in [-0.2, -0.15) is 0 Å². The van der Waals surface area contributed by atoms with E-state index in [0.717, 1.165) is 5.46 Å². The molecule has 26 heavy (non-hydrogen) atoms. The van der Waals surface area contributed by atoms with Crippen LogP contribution in [0.1, 0.15) is 50.9 Å². The predicted octanol–water partition coefficient (Wildman–Crippen LogP) is 2.56. The Hall–Kier alpha value is -1.86. The number of carboxylic acid groups (broad SMARTS) is 1. The van der Waals surface area contributed by atoms with E-state index in [4.69, 9.17) is 14.4 Å². The van der Waals surface area contributed by atoms with E-state index < -0.39 is 24.4 Å². The van der Waals surface area contributed by atoms with Crippen molar-refractivity contribution >= 4 is 24.5 Å². The molecule has 0 atom stereocenters. The highest BCUT2D eigenvalue weighted by atomic mass is 16.7. The van der Waals surface area contributed by atoms with Gasteiger partial charge in [0.15, 0.2) is 5.78 Å². The average Bonchev–Trinajstić information content (AvgIpc) is 2.82. The third-order valence-corrected chi connectivity index (χ3v) is 5.87. The SMILES string of the molecule is CC1(C)OB(c2ccccc2C(=O)C2CCN(C(=O)O)CC2)OC1(C)C. The van der Waals surface area contributed by atoms with Gasteiger partial charge in [-0.3, -0.25) is 4.79 Å². The third kappa shape index (κ3) is 3.38. The molecule has 140 valence electrons. The molecule has 2 aliphatic rings. The monoisotopic (exact) mass is 359 g/mol. The standard InChI is InChI=1S/C19H26BNO5/c1-18(2)19(3,4)26-20(25-18)15-8-6-5-7-14(15)16(22)13-9-11-21(12-10-13)17(23)24/h5-8,13H,9-12H2,1-4H3,(H,23,24). The molecule has 2 saturated heterocycles. The Kier molecular flexibility index (Phi) is 4.88. The molecule has 0 bridgehead atoms. The lowest BCUT2D eigenvalue weighted by molar-refractivity contribution is 0.00578. The van der Waals surface area contributed by atoms with Crippen molar-refractivity contribution in [3.8, 4) is 0 Å². The lowest BCUT2D eigenvalue weighted by Crippen LogP contribution is -2.42. The van der Waals surface area contributed by atoms with Gasteiger partial charge >= 0.3 is 13.2 Å². The zero-order chi connectivity index (χ0) is 19.1. The van der Waals surface area contributed by atoms with Crippen LogP contribution in [0.3, 0.4) is 0 Å². The minimum atomic E-state index is -0.923. The van der Waals surface area contributed by atoms with Gasteiger partial charge in [0.2, 0.25) is 0 Å². The van der Waals surface area contributed by atoms with Gasteiger partial charge in [0.05, 0.1) is 11.2 Å². The smallest absolute Gasteiger partial charge is 0.465 e. The van der Waals surface area contributed by atoms with Crippen LogP contribution in [-0.2, 0) is 9.31 Å². The van der Waals surface area contributed by atoms with E-state index in [1.54, 1.807) is 0 Å². The van der Waals surface area contributed by atoms with Crippen molar-refractivity contribution in [1.82, 2.24) is 4.90 Å². The van der Waals surface area contributed by atoms with Crippen LogP contribution < -0.4 is 5.46 Å². The second-order valence-electron chi connectivity index (χ2n) is 8.08. The lowest BCUT2D eigenvalue weighted by atomic mass is 9.73. The Balaban J connectivity index is 1.80. The second kappa shape index (κ2) is 6.70. The van der Waals surface area contributed by atoms with Crippen LogP contribution in [0.4, 0.5) is 4.79 Å². The summed E-state index contributed by atoms with van der Waals surface area (Å²) < 4.78 is 12.2. The summed E-state index contributed by atoms with van der Waals surface area (Å²) in [5, 5.41) is 9.07. The summed E-state index contributed by atoms with van der Waals surface area (Å²) in [6, 6.07) is 7.41. The van der Waals surface area contributed by atoms with Gasteiger partial charge in [-0.25, -0.2) is 4.79 Å². The van der Waals surface area contributed by atoms with Gasteiger partial charge < -0.3 is 19.3 Å². The molecule has 0 aromatic heterocycles. The molecule has 2 heterocycles. The largest absolute Gasteiger partial charge is 0.495 e. The summed E-state index contributed by atoms with van der Waals surface area (Å²) in [6.07, 6.45) is 0.166. The molecule has 0 unspecified atom stereocenters. The molecule has 1 aromatic rings. The first-order valence-electron chi connectivity index (χ1n) is 9.09. The van der Waals surface area contributed by atoms with Gasteiger partial charge in [-0.15, -0.1) is 0 Å². The number of hydrogen-bond acceptors (Lipinski definition) is 4. The van der Waals surface area contributed by atoms with Gasteiger partial charge in [0, 0.05) is 24.6 Å². The first kappa shape index (κ1) is 18.9. The quantitative estimate of drug-likeness (QED) is 0.663. The zero-order valence-electron chi connectivity index (χ0n) is 15.8. The van der Waals surface area contributed by atoms with Crippen LogP contribution in [-0.4, -0.2) is 53.3 Å². The van der Waals surface area contributed by atoms with Gasteiger partial charge in [0.25, 0.3) is 0 Å². The number of piperidine rings is 1. The Morgan fingerprint density at radius 2 is 1.62 bits per heavy atom. The molecule has 1 N–H and O–H groups in total. The molecular formula is C19H26BNO5. The van der Waals surface area contributed by atoms with Gasteiger partial charge in [-0.05, 0) is 46.0 Å².